The number of piperidine rings is 1. The van der Waals surface area contributed by atoms with Crippen LogP contribution < -0.4 is 0 Å². The zero-order valence-electron chi connectivity index (χ0n) is 16.5. The van der Waals surface area contributed by atoms with Crippen molar-refractivity contribution < 1.29 is 14.7 Å². The lowest BCUT2D eigenvalue weighted by atomic mass is 9.97. The summed E-state index contributed by atoms with van der Waals surface area (Å²) >= 11 is 6.02. The molecule has 28 heavy (non-hydrogen) atoms. The molecule has 0 saturated carbocycles. The maximum Gasteiger partial charge on any atom is 0.277 e. The fourth-order valence-electron chi connectivity index (χ4n) is 4.05. The van der Waals surface area contributed by atoms with Crippen molar-refractivity contribution in [2.45, 2.75) is 45.4 Å². The SMILES string of the molecule is CCCCCCN1C(=O)C(c2ccc(Cl)cc2)=C(N2CCCC(CO)C2)C1=O. The molecule has 1 fully saturated rings. The van der Waals surface area contributed by atoms with Crippen LogP contribution in [-0.4, -0.2) is 53.0 Å². The average Bonchev–Trinajstić information content (AvgIpc) is 2.96. The van der Waals surface area contributed by atoms with Crippen LogP contribution in [0.15, 0.2) is 30.0 Å². The van der Waals surface area contributed by atoms with Crippen molar-refractivity contribution in [3.8, 4) is 0 Å². The maximum absolute atomic E-state index is 13.2. The molecule has 1 aromatic rings. The molecule has 2 amide bonds. The number of amides is 2. The molecule has 1 N–H and O–H groups in total. The van der Waals surface area contributed by atoms with E-state index in [2.05, 4.69) is 6.92 Å². The van der Waals surface area contributed by atoms with Crippen LogP contribution in [0, 0.1) is 5.92 Å². The lowest BCUT2D eigenvalue weighted by molar-refractivity contribution is -0.137. The van der Waals surface area contributed by atoms with Gasteiger partial charge in [0, 0.05) is 31.3 Å². The van der Waals surface area contributed by atoms with Gasteiger partial charge in [0.05, 0.1) is 5.57 Å². The van der Waals surface area contributed by atoms with E-state index in [9.17, 15) is 14.7 Å². The minimum atomic E-state index is -0.218. The van der Waals surface area contributed by atoms with Crippen LogP contribution in [0.5, 0.6) is 0 Å². The standard InChI is InChI=1S/C22H29ClN2O3/c1-2-3-4-5-13-25-21(27)19(17-8-10-18(23)11-9-17)20(22(25)28)24-12-6-7-16(14-24)15-26/h8-11,16,26H,2-7,12-15H2,1H3. The largest absolute Gasteiger partial charge is 0.396 e. The summed E-state index contributed by atoms with van der Waals surface area (Å²) in [7, 11) is 0. The Morgan fingerprint density at radius 2 is 1.86 bits per heavy atom. The molecule has 1 atom stereocenters. The Balaban J connectivity index is 1.92. The number of nitrogens with zero attached hydrogens (tertiary/aromatic N) is 2. The van der Waals surface area contributed by atoms with Crippen LogP contribution in [0.25, 0.3) is 5.57 Å². The van der Waals surface area contributed by atoms with Crippen molar-refractivity contribution in [3.05, 3.63) is 40.5 Å². The number of benzene rings is 1. The van der Waals surface area contributed by atoms with Crippen molar-refractivity contribution >= 4 is 29.0 Å². The Morgan fingerprint density at radius 1 is 1.11 bits per heavy atom. The zero-order valence-corrected chi connectivity index (χ0v) is 17.2. The molecule has 0 bridgehead atoms. The van der Waals surface area contributed by atoms with Crippen LogP contribution in [-0.2, 0) is 9.59 Å². The minimum absolute atomic E-state index is 0.100. The topological polar surface area (TPSA) is 60.9 Å². The molecule has 1 unspecified atom stereocenters. The van der Waals surface area contributed by atoms with E-state index >= 15 is 0 Å². The number of aliphatic hydroxyl groups excluding tert-OH is 1. The van der Waals surface area contributed by atoms with Gasteiger partial charge in [-0.1, -0.05) is 49.9 Å². The lowest BCUT2D eigenvalue weighted by Crippen LogP contribution is -2.40. The van der Waals surface area contributed by atoms with E-state index in [4.69, 9.17) is 11.6 Å². The number of unbranched alkanes of at least 4 members (excludes halogenated alkanes) is 3. The summed E-state index contributed by atoms with van der Waals surface area (Å²) in [4.78, 5) is 29.8. The van der Waals surface area contributed by atoms with E-state index in [1.807, 2.05) is 4.90 Å². The highest BCUT2D eigenvalue weighted by Gasteiger charge is 2.42. The molecule has 3 rings (SSSR count). The van der Waals surface area contributed by atoms with Gasteiger partial charge in [-0.2, -0.15) is 0 Å². The minimum Gasteiger partial charge on any atom is -0.396 e. The highest BCUT2D eigenvalue weighted by molar-refractivity contribution is 6.36. The number of imide groups is 1. The number of hydrogen-bond donors (Lipinski definition) is 1. The van der Waals surface area contributed by atoms with E-state index in [1.165, 1.54) is 4.90 Å². The van der Waals surface area contributed by atoms with E-state index in [0.717, 1.165) is 50.6 Å². The van der Waals surface area contributed by atoms with Gasteiger partial charge in [0.25, 0.3) is 11.8 Å². The van der Waals surface area contributed by atoms with Crippen LogP contribution in [0.3, 0.4) is 0 Å². The number of rotatable bonds is 8. The monoisotopic (exact) mass is 404 g/mol. The molecule has 152 valence electrons. The third kappa shape index (κ3) is 4.41. The van der Waals surface area contributed by atoms with Gasteiger partial charge in [-0.25, -0.2) is 0 Å². The molecule has 2 heterocycles. The first-order valence-corrected chi connectivity index (χ1v) is 10.7. The Labute approximate surface area is 172 Å². The molecule has 0 aromatic heterocycles. The zero-order chi connectivity index (χ0) is 20.1. The maximum atomic E-state index is 13.2. The van der Waals surface area contributed by atoms with Gasteiger partial charge in [-0.15, -0.1) is 0 Å². The van der Waals surface area contributed by atoms with Gasteiger partial charge in [-0.05, 0) is 42.9 Å². The fraction of sp³-hybridized carbons (Fsp3) is 0.545. The molecule has 6 heteroatoms. The summed E-state index contributed by atoms with van der Waals surface area (Å²) in [5.74, 6) is -0.288. The number of likely N-dealkylation sites (tertiary alicyclic amines) is 1. The fourth-order valence-corrected chi connectivity index (χ4v) is 4.18. The molecule has 0 radical (unpaired) electrons. The number of halogens is 1. The number of aliphatic hydroxyl groups is 1. The summed E-state index contributed by atoms with van der Waals surface area (Å²) in [6.45, 7) is 4.02. The summed E-state index contributed by atoms with van der Waals surface area (Å²) in [6, 6.07) is 7.10. The van der Waals surface area contributed by atoms with Crippen LogP contribution in [0.4, 0.5) is 0 Å². The van der Waals surface area contributed by atoms with E-state index < -0.39 is 0 Å². The van der Waals surface area contributed by atoms with Gasteiger partial charge in [0.2, 0.25) is 0 Å². The Morgan fingerprint density at radius 3 is 2.54 bits per heavy atom. The molecule has 1 aromatic carbocycles. The number of carbonyl (C=O) groups is 2. The molecule has 0 spiro atoms. The van der Waals surface area contributed by atoms with Gasteiger partial charge < -0.3 is 10.0 Å². The molecular formula is C22H29ClN2O3. The molecule has 1 saturated heterocycles. The Bertz CT molecular complexity index is 745. The van der Waals surface area contributed by atoms with Gasteiger partial charge in [0.15, 0.2) is 0 Å². The van der Waals surface area contributed by atoms with Crippen molar-refractivity contribution in [2.24, 2.45) is 5.92 Å². The summed E-state index contributed by atoms with van der Waals surface area (Å²) in [5, 5.41) is 10.2. The third-order valence-electron chi connectivity index (χ3n) is 5.61. The van der Waals surface area contributed by atoms with Crippen molar-refractivity contribution in [1.82, 2.24) is 9.80 Å². The Kier molecular flexibility index (Phi) is 7.13. The summed E-state index contributed by atoms with van der Waals surface area (Å²) in [6.07, 6.45) is 5.89. The highest BCUT2D eigenvalue weighted by Crippen LogP contribution is 2.34. The van der Waals surface area contributed by atoms with E-state index in [0.29, 0.717) is 29.4 Å². The van der Waals surface area contributed by atoms with Crippen molar-refractivity contribution in [1.29, 1.82) is 0 Å². The summed E-state index contributed by atoms with van der Waals surface area (Å²) < 4.78 is 0. The van der Waals surface area contributed by atoms with Crippen molar-refractivity contribution in [2.75, 3.05) is 26.2 Å². The highest BCUT2D eigenvalue weighted by atomic mass is 35.5. The second-order valence-electron chi connectivity index (χ2n) is 7.69. The normalized spacial score (nSPS) is 20.5. The second kappa shape index (κ2) is 9.57. The molecule has 5 nitrogen and oxygen atoms in total. The second-order valence-corrected chi connectivity index (χ2v) is 8.13. The third-order valence-corrected chi connectivity index (χ3v) is 5.86. The number of carbonyl (C=O) groups excluding carboxylic acids is 2. The quantitative estimate of drug-likeness (QED) is 0.530. The van der Waals surface area contributed by atoms with Gasteiger partial charge in [0.1, 0.15) is 5.70 Å². The van der Waals surface area contributed by atoms with E-state index in [1.54, 1.807) is 24.3 Å². The first-order chi connectivity index (χ1) is 13.6. The smallest absolute Gasteiger partial charge is 0.277 e. The first kappa shape index (κ1) is 20.9. The molecule has 2 aliphatic rings. The Hall–Kier alpha value is -1.85. The molecule has 0 aliphatic carbocycles. The average molecular weight is 405 g/mol. The van der Waals surface area contributed by atoms with Crippen LogP contribution >= 0.6 is 11.6 Å². The van der Waals surface area contributed by atoms with E-state index in [-0.39, 0.29) is 24.3 Å². The first-order valence-electron chi connectivity index (χ1n) is 10.3. The summed E-state index contributed by atoms with van der Waals surface area (Å²) in [5.41, 5.74) is 1.68. The van der Waals surface area contributed by atoms with Crippen LogP contribution in [0.2, 0.25) is 5.02 Å². The predicted octanol–water partition coefficient (Wildman–Crippen LogP) is 3.70. The molecule has 2 aliphatic heterocycles. The van der Waals surface area contributed by atoms with Gasteiger partial charge >= 0.3 is 0 Å². The van der Waals surface area contributed by atoms with Crippen molar-refractivity contribution in [3.63, 3.8) is 0 Å². The number of hydrogen-bond acceptors (Lipinski definition) is 4. The van der Waals surface area contributed by atoms with Crippen LogP contribution in [0.1, 0.15) is 51.0 Å². The predicted molar refractivity (Wildman–Crippen MR) is 111 cm³/mol. The lowest BCUT2D eigenvalue weighted by Gasteiger charge is -2.34. The van der Waals surface area contributed by atoms with Gasteiger partial charge in [-0.3, -0.25) is 14.5 Å². The molecular weight excluding hydrogens is 376 g/mol.